The third-order valence-corrected chi connectivity index (χ3v) is 3.82. The summed E-state index contributed by atoms with van der Waals surface area (Å²) in [5.74, 6) is 0.206. The third kappa shape index (κ3) is 3.99. The van der Waals surface area contributed by atoms with Gasteiger partial charge >= 0.3 is 6.36 Å². The van der Waals surface area contributed by atoms with Gasteiger partial charge in [0.25, 0.3) is 0 Å². The van der Waals surface area contributed by atoms with Crippen LogP contribution in [0.4, 0.5) is 13.2 Å². The normalized spacial score (nSPS) is 17.8. The number of nitrogens with zero attached hydrogens (tertiary/aromatic N) is 2. The molecule has 1 fully saturated rings. The first-order chi connectivity index (χ1) is 13.6. The number of ether oxygens (including phenoxy) is 3. The monoisotopic (exact) mass is 382 g/mol. The van der Waals surface area contributed by atoms with Crippen molar-refractivity contribution in [3.63, 3.8) is 0 Å². The molecule has 27 heavy (non-hydrogen) atoms. The number of aromatic nitrogens is 2. The highest BCUT2D eigenvalue weighted by molar-refractivity contribution is 5.77. The number of alkyl halides is 3. The zero-order valence-electron chi connectivity index (χ0n) is 15.7. The Kier molecular flexibility index (Phi) is 3.64. The molecule has 0 unspecified atom stereocenters. The Balaban J connectivity index is 1.59. The summed E-state index contributed by atoms with van der Waals surface area (Å²) < 4.78 is 69.0. The minimum Gasteiger partial charge on any atom is -0.457 e. The fourth-order valence-corrected chi connectivity index (χ4v) is 2.57. The number of hydrogen-bond acceptors (Lipinski definition) is 5. The van der Waals surface area contributed by atoms with Gasteiger partial charge in [-0.25, -0.2) is 4.98 Å². The maximum Gasteiger partial charge on any atom is 0.573 e. The lowest BCUT2D eigenvalue weighted by Crippen LogP contribution is -2.52. The largest absolute Gasteiger partial charge is 0.573 e. The van der Waals surface area contributed by atoms with Crippen LogP contribution >= 0.6 is 0 Å². The summed E-state index contributed by atoms with van der Waals surface area (Å²) in [6, 6.07) is 9.61. The Morgan fingerprint density at radius 2 is 1.81 bits per heavy atom. The molecule has 9 heteroatoms. The highest BCUT2D eigenvalue weighted by atomic mass is 19.4. The summed E-state index contributed by atoms with van der Waals surface area (Å²) in [7, 11) is 0. The molecule has 0 radical (unpaired) electrons. The maximum atomic E-state index is 12.2. The molecule has 0 spiro atoms. The molecule has 0 saturated carbocycles. The van der Waals surface area contributed by atoms with Gasteiger partial charge in [0.05, 0.1) is 39.8 Å². The number of benzene rings is 2. The van der Waals surface area contributed by atoms with Gasteiger partial charge < -0.3 is 23.9 Å². The second-order valence-corrected chi connectivity index (χ2v) is 6.02. The topological polar surface area (TPSA) is 65.7 Å². The lowest BCUT2D eigenvalue weighted by atomic mass is 10.0. The molecule has 0 atom stereocenters. The summed E-state index contributed by atoms with van der Waals surface area (Å²) in [5, 5.41) is 10.4. The van der Waals surface area contributed by atoms with E-state index in [0.29, 0.717) is 16.8 Å². The van der Waals surface area contributed by atoms with Crippen molar-refractivity contribution >= 4 is 11.0 Å². The van der Waals surface area contributed by atoms with Crippen molar-refractivity contribution in [1.82, 2.24) is 9.55 Å². The minimum absolute atomic E-state index is 0.137. The second kappa shape index (κ2) is 6.43. The van der Waals surface area contributed by atoms with Gasteiger partial charge in [-0.15, -0.1) is 13.2 Å². The molecule has 0 bridgehead atoms. The minimum atomic E-state index is -4.78. The zero-order chi connectivity index (χ0) is 20.9. The molecule has 2 heterocycles. The van der Waals surface area contributed by atoms with Crippen LogP contribution in [0.15, 0.2) is 48.8 Å². The number of imidazole rings is 1. The Bertz CT molecular complexity index is 1030. The van der Waals surface area contributed by atoms with Crippen LogP contribution in [-0.4, -0.2) is 39.8 Å². The molecule has 3 aromatic rings. The van der Waals surface area contributed by atoms with E-state index in [1.54, 1.807) is 12.1 Å². The van der Waals surface area contributed by atoms with Crippen molar-refractivity contribution in [1.29, 1.82) is 0 Å². The van der Waals surface area contributed by atoms with E-state index in [0.717, 1.165) is 12.1 Å². The number of hydrogen-bond donors (Lipinski definition) is 1. The molecule has 0 aliphatic carbocycles. The maximum absolute atomic E-state index is 12.2. The van der Waals surface area contributed by atoms with Crippen molar-refractivity contribution in [2.24, 2.45) is 0 Å². The Labute approximate surface area is 154 Å². The lowest BCUT2D eigenvalue weighted by Gasteiger charge is -2.36. The van der Waals surface area contributed by atoms with Gasteiger partial charge in [0.1, 0.15) is 22.8 Å². The summed E-state index contributed by atoms with van der Waals surface area (Å²) in [6.45, 7) is -2.44. The van der Waals surface area contributed by atoms with E-state index < -0.39 is 18.5 Å². The molecule has 1 aliphatic heterocycles. The number of fused-ring (bicyclic) bond motifs is 1. The van der Waals surface area contributed by atoms with Crippen molar-refractivity contribution < 1.29 is 35.2 Å². The first-order valence-electron chi connectivity index (χ1n) is 8.89. The van der Waals surface area contributed by atoms with Crippen LogP contribution in [0.2, 0.25) is 0 Å². The van der Waals surface area contributed by atoms with Crippen LogP contribution < -0.4 is 9.47 Å². The summed E-state index contributed by atoms with van der Waals surface area (Å²) in [6.07, 6.45) is -3.49. The molecule has 1 saturated heterocycles. The van der Waals surface area contributed by atoms with Crippen molar-refractivity contribution in [2.75, 3.05) is 13.2 Å². The average Bonchev–Trinajstić information content (AvgIpc) is 3.04. The highest BCUT2D eigenvalue weighted by Crippen LogP contribution is 2.29. The average molecular weight is 382 g/mol. The molecule has 142 valence electrons. The van der Waals surface area contributed by atoms with Gasteiger partial charge in [-0.2, -0.15) is 0 Å². The highest BCUT2D eigenvalue weighted by Gasteiger charge is 2.36. The van der Waals surface area contributed by atoms with Crippen molar-refractivity contribution in [3.8, 4) is 17.2 Å². The fourth-order valence-electron chi connectivity index (χ4n) is 2.57. The summed E-state index contributed by atoms with van der Waals surface area (Å²) in [5.41, 5.74) is -0.810. The van der Waals surface area contributed by atoms with Gasteiger partial charge in [-0.3, -0.25) is 0 Å². The predicted molar refractivity (Wildman–Crippen MR) is 88.7 cm³/mol. The van der Waals surface area contributed by atoms with Crippen LogP contribution in [0.1, 0.15) is 2.74 Å². The van der Waals surface area contributed by atoms with Gasteiger partial charge in [-0.1, -0.05) is 0 Å². The lowest BCUT2D eigenvalue weighted by molar-refractivity contribution is -0.274. The Hall–Kier alpha value is -2.78. The van der Waals surface area contributed by atoms with Gasteiger partial charge in [-0.05, 0) is 36.4 Å². The first kappa shape index (κ1) is 15.3. The number of halogens is 3. The van der Waals surface area contributed by atoms with Gasteiger partial charge in [0.2, 0.25) is 0 Å². The van der Waals surface area contributed by atoms with E-state index in [2.05, 4.69) is 9.72 Å². The molecule has 1 aliphatic rings. The van der Waals surface area contributed by atoms with E-state index >= 15 is 0 Å². The quantitative estimate of drug-likeness (QED) is 0.732. The molecular weight excluding hydrogens is 365 g/mol. The van der Waals surface area contributed by atoms with E-state index in [-0.39, 0.29) is 24.7 Å². The van der Waals surface area contributed by atoms with Crippen molar-refractivity contribution in [3.05, 3.63) is 48.8 Å². The molecular formula is C18H15F3N2O4. The molecule has 1 N–H and O–H groups in total. The Morgan fingerprint density at radius 1 is 1.15 bits per heavy atom. The number of aliphatic hydroxyl groups is 1. The molecule has 6 nitrogen and oxygen atoms in total. The van der Waals surface area contributed by atoms with Gasteiger partial charge in [0, 0.05) is 6.07 Å². The smallest absolute Gasteiger partial charge is 0.457 e. The third-order valence-electron chi connectivity index (χ3n) is 3.82. The van der Waals surface area contributed by atoms with Crippen LogP contribution in [0, 0.1) is 0 Å². The van der Waals surface area contributed by atoms with E-state index in [9.17, 15) is 18.3 Å². The van der Waals surface area contributed by atoms with E-state index in [1.807, 2.05) is 0 Å². The van der Waals surface area contributed by atoms with E-state index in [4.69, 9.17) is 12.2 Å². The van der Waals surface area contributed by atoms with Gasteiger partial charge in [0.15, 0.2) is 0 Å². The summed E-state index contributed by atoms with van der Waals surface area (Å²) >= 11 is 0. The standard InChI is InChI=1S/C18H15F3N2O4/c19-18(20,21)27-13-3-1-12(2-4-13)26-14-5-6-15-16(7-14)23(11-22-15)8-17(24)9-25-10-17/h1-7,11,24H,8-10H2/i8D2. The first-order valence-corrected chi connectivity index (χ1v) is 7.89. The molecule has 4 rings (SSSR count). The Morgan fingerprint density at radius 3 is 2.44 bits per heavy atom. The second-order valence-electron chi connectivity index (χ2n) is 6.02. The van der Waals surface area contributed by atoms with Crippen LogP contribution in [0.3, 0.4) is 0 Å². The SMILES string of the molecule is [2H]C([2H])(n1cnc2ccc(Oc3ccc(OC(F)(F)F)cc3)cc21)C1(O)COC1. The predicted octanol–water partition coefficient (Wildman–Crippen LogP) is 3.49. The van der Waals surface area contributed by atoms with Crippen LogP contribution in [-0.2, 0) is 11.2 Å². The van der Waals surface area contributed by atoms with Crippen LogP contribution in [0.25, 0.3) is 11.0 Å². The molecule has 2 aromatic carbocycles. The molecule has 1 aromatic heterocycles. The van der Waals surface area contributed by atoms with Crippen molar-refractivity contribution in [2.45, 2.75) is 18.5 Å². The fraction of sp³-hybridized carbons (Fsp3) is 0.278. The summed E-state index contributed by atoms with van der Waals surface area (Å²) in [4.78, 5) is 4.14. The molecule has 0 amide bonds. The van der Waals surface area contributed by atoms with Crippen LogP contribution in [0.5, 0.6) is 17.2 Å². The number of rotatable bonds is 5. The zero-order valence-corrected chi connectivity index (χ0v) is 13.7. The van der Waals surface area contributed by atoms with E-state index in [1.165, 1.54) is 29.1 Å².